The van der Waals surface area contributed by atoms with Gasteiger partial charge in [0, 0.05) is 13.5 Å². The number of nitrogens with zero attached hydrogens (tertiary/aromatic N) is 3. The minimum atomic E-state index is 0.306. The first-order chi connectivity index (χ1) is 6.55. The number of nitrogens with two attached hydrogens (primary N) is 1. The molecule has 0 bridgehead atoms. The van der Waals surface area contributed by atoms with Gasteiger partial charge in [-0.25, -0.2) is 4.98 Å². The monoisotopic (exact) mass is 196 g/mol. The predicted octanol–water partition coefficient (Wildman–Crippen LogP) is 1.12. The van der Waals surface area contributed by atoms with E-state index in [9.17, 15) is 0 Å². The van der Waals surface area contributed by atoms with E-state index in [1.165, 1.54) is 0 Å². The Hall–Kier alpha value is -0.900. The van der Waals surface area contributed by atoms with E-state index in [-0.39, 0.29) is 0 Å². The Balaban J connectivity index is 2.44. The molecule has 1 heterocycles. The van der Waals surface area contributed by atoms with Crippen LogP contribution in [0.2, 0.25) is 0 Å². The molecule has 0 aromatic carbocycles. The van der Waals surface area contributed by atoms with Crippen LogP contribution in [0.4, 0.5) is 0 Å². The normalized spacial score (nSPS) is 12.0. The Bertz CT molecular complexity index is 277. The quantitative estimate of drug-likeness (QED) is 0.768. The molecule has 0 radical (unpaired) electrons. The summed E-state index contributed by atoms with van der Waals surface area (Å²) < 4.78 is 1.83. The smallest absolute Gasteiger partial charge is 0.138 e. The second-order valence-corrected chi connectivity index (χ2v) is 4.50. The molecule has 0 saturated carbocycles. The zero-order chi connectivity index (χ0) is 10.6. The number of rotatable bonds is 5. The van der Waals surface area contributed by atoms with Gasteiger partial charge >= 0.3 is 0 Å². The van der Waals surface area contributed by atoms with E-state index in [2.05, 4.69) is 23.9 Å². The average molecular weight is 196 g/mol. The van der Waals surface area contributed by atoms with Crippen LogP contribution in [-0.4, -0.2) is 21.3 Å². The Morgan fingerprint density at radius 2 is 2.14 bits per heavy atom. The second-order valence-electron chi connectivity index (χ2n) is 4.50. The summed E-state index contributed by atoms with van der Waals surface area (Å²) in [6.07, 6.45) is 4.75. The summed E-state index contributed by atoms with van der Waals surface area (Å²) in [6.45, 7) is 5.25. The molecule has 14 heavy (non-hydrogen) atoms. The largest absolute Gasteiger partial charge is 0.330 e. The maximum absolute atomic E-state index is 5.56. The van der Waals surface area contributed by atoms with Crippen LogP contribution < -0.4 is 5.73 Å². The fraction of sp³-hybridized carbons (Fsp3) is 0.800. The van der Waals surface area contributed by atoms with Crippen molar-refractivity contribution in [3.05, 3.63) is 12.2 Å². The van der Waals surface area contributed by atoms with E-state index in [0.717, 1.165) is 31.6 Å². The van der Waals surface area contributed by atoms with Gasteiger partial charge in [-0.1, -0.05) is 13.8 Å². The van der Waals surface area contributed by atoms with E-state index < -0.39 is 0 Å². The van der Waals surface area contributed by atoms with Crippen molar-refractivity contribution in [1.29, 1.82) is 0 Å². The van der Waals surface area contributed by atoms with E-state index in [0.29, 0.717) is 5.41 Å². The molecule has 0 spiro atoms. The molecule has 1 aromatic heterocycles. The van der Waals surface area contributed by atoms with Gasteiger partial charge in [0.05, 0.1) is 0 Å². The summed E-state index contributed by atoms with van der Waals surface area (Å²) in [7, 11) is 1.93. The summed E-state index contributed by atoms with van der Waals surface area (Å²) >= 11 is 0. The third kappa shape index (κ3) is 3.10. The van der Waals surface area contributed by atoms with Gasteiger partial charge in [-0.15, -0.1) is 0 Å². The average Bonchev–Trinajstić information content (AvgIpc) is 2.48. The highest BCUT2D eigenvalue weighted by Crippen LogP contribution is 2.25. The molecule has 0 amide bonds. The van der Waals surface area contributed by atoms with Crippen LogP contribution in [0.3, 0.4) is 0 Å². The van der Waals surface area contributed by atoms with Crippen molar-refractivity contribution in [1.82, 2.24) is 14.8 Å². The van der Waals surface area contributed by atoms with Gasteiger partial charge in [0.15, 0.2) is 0 Å². The summed E-state index contributed by atoms with van der Waals surface area (Å²) in [5.41, 5.74) is 5.87. The number of aryl methyl sites for hydroxylation is 2. The van der Waals surface area contributed by atoms with Gasteiger partial charge in [0.25, 0.3) is 0 Å². The van der Waals surface area contributed by atoms with Crippen molar-refractivity contribution < 1.29 is 0 Å². The van der Waals surface area contributed by atoms with E-state index in [4.69, 9.17) is 5.73 Å². The maximum atomic E-state index is 5.56. The minimum absolute atomic E-state index is 0.306. The number of aromatic nitrogens is 3. The van der Waals surface area contributed by atoms with Crippen LogP contribution in [0, 0.1) is 5.41 Å². The Morgan fingerprint density at radius 1 is 1.43 bits per heavy atom. The molecule has 0 atom stereocenters. The van der Waals surface area contributed by atoms with Gasteiger partial charge in [-0.3, -0.25) is 4.68 Å². The molecule has 0 aliphatic rings. The molecule has 0 fully saturated rings. The lowest BCUT2D eigenvalue weighted by atomic mass is 9.84. The van der Waals surface area contributed by atoms with Crippen molar-refractivity contribution in [2.75, 3.05) is 6.54 Å². The van der Waals surface area contributed by atoms with Crippen LogP contribution in [-0.2, 0) is 13.5 Å². The fourth-order valence-corrected chi connectivity index (χ4v) is 1.51. The Kier molecular flexibility index (Phi) is 3.63. The summed E-state index contributed by atoms with van der Waals surface area (Å²) in [5.74, 6) is 1.05. The maximum Gasteiger partial charge on any atom is 0.138 e. The highest BCUT2D eigenvalue weighted by atomic mass is 15.3. The lowest BCUT2D eigenvalue weighted by molar-refractivity contribution is 0.309. The molecule has 4 heteroatoms. The van der Waals surface area contributed by atoms with E-state index >= 15 is 0 Å². The topological polar surface area (TPSA) is 56.7 Å². The molecular weight excluding hydrogens is 176 g/mol. The van der Waals surface area contributed by atoms with Crippen molar-refractivity contribution >= 4 is 0 Å². The molecule has 80 valence electrons. The zero-order valence-electron chi connectivity index (χ0n) is 9.32. The van der Waals surface area contributed by atoms with E-state index in [1.54, 1.807) is 6.33 Å². The Morgan fingerprint density at radius 3 is 2.64 bits per heavy atom. The molecule has 1 aromatic rings. The molecular formula is C10H20N4. The van der Waals surface area contributed by atoms with Crippen LogP contribution in [0.15, 0.2) is 6.33 Å². The van der Waals surface area contributed by atoms with E-state index in [1.807, 2.05) is 11.7 Å². The van der Waals surface area contributed by atoms with Crippen LogP contribution >= 0.6 is 0 Å². The lowest BCUT2D eigenvalue weighted by Gasteiger charge is -2.23. The van der Waals surface area contributed by atoms with Crippen LogP contribution in [0.25, 0.3) is 0 Å². The van der Waals surface area contributed by atoms with Gasteiger partial charge in [0.2, 0.25) is 0 Å². The molecule has 4 nitrogen and oxygen atoms in total. The SMILES string of the molecule is Cn1ncnc1CCC(C)(C)CCN. The fourth-order valence-electron chi connectivity index (χ4n) is 1.51. The standard InChI is InChI=1S/C10H20N4/c1-10(2,6-7-11)5-4-9-12-8-13-14(9)3/h8H,4-7,11H2,1-3H3. The molecule has 0 aliphatic carbocycles. The molecule has 2 N–H and O–H groups in total. The van der Waals surface area contributed by atoms with Crippen LogP contribution in [0.1, 0.15) is 32.5 Å². The van der Waals surface area contributed by atoms with Crippen molar-refractivity contribution in [2.45, 2.75) is 33.1 Å². The molecule has 0 saturated heterocycles. The number of hydrogen-bond donors (Lipinski definition) is 1. The van der Waals surface area contributed by atoms with Gasteiger partial charge in [-0.2, -0.15) is 5.10 Å². The summed E-state index contributed by atoms with van der Waals surface area (Å²) in [6, 6.07) is 0. The third-order valence-corrected chi connectivity index (χ3v) is 2.65. The van der Waals surface area contributed by atoms with Gasteiger partial charge in [0.1, 0.15) is 12.2 Å². The first-order valence-electron chi connectivity index (χ1n) is 5.08. The van der Waals surface area contributed by atoms with Crippen molar-refractivity contribution in [3.63, 3.8) is 0 Å². The van der Waals surface area contributed by atoms with Gasteiger partial charge < -0.3 is 5.73 Å². The molecule has 0 unspecified atom stereocenters. The first kappa shape index (κ1) is 11.2. The zero-order valence-corrected chi connectivity index (χ0v) is 9.32. The summed E-state index contributed by atoms with van der Waals surface area (Å²) in [4.78, 5) is 4.20. The minimum Gasteiger partial charge on any atom is -0.330 e. The molecule has 1 rings (SSSR count). The summed E-state index contributed by atoms with van der Waals surface area (Å²) in [5, 5.41) is 4.04. The third-order valence-electron chi connectivity index (χ3n) is 2.65. The predicted molar refractivity (Wildman–Crippen MR) is 56.8 cm³/mol. The second kappa shape index (κ2) is 4.55. The van der Waals surface area contributed by atoms with Crippen molar-refractivity contribution in [2.24, 2.45) is 18.2 Å². The highest BCUT2D eigenvalue weighted by molar-refractivity contribution is 4.86. The van der Waals surface area contributed by atoms with Crippen LogP contribution in [0.5, 0.6) is 0 Å². The first-order valence-corrected chi connectivity index (χ1v) is 5.08. The Labute approximate surface area is 85.5 Å². The lowest BCUT2D eigenvalue weighted by Crippen LogP contribution is -2.18. The highest BCUT2D eigenvalue weighted by Gasteiger charge is 2.17. The molecule has 0 aliphatic heterocycles. The van der Waals surface area contributed by atoms with Gasteiger partial charge in [-0.05, 0) is 24.8 Å². The number of hydrogen-bond acceptors (Lipinski definition) is 3. The van der Waals surface area contributed by atoms with Crippen molar-refractivity contribution in [3.8, 4) is 0 Å².